The van der Waals surface area contributed by atoms with Crippen LogP contribution in [0.1, 0.15) is 39.5 Å². The Morgan fingerprint density at radius 2 is 2.00 bits per heavy atom. The lowest BCUT2D eigenvalue weighted by Crippen LogP contribution is -2.45. The molecule has 0 aromatic carbocycles. The first kappa shape index (κ1) is 12.3. The second kappa shape index (κ2) is 5.35. The van der Waals surface area contributed by atoms with E-state index in [0.717, 1.165) is 25.7 Å². The lowest BCUT2D eigenvalue weighted by atomic mass is 9.82. The van der Waals surface area contributed by atoms with Gasteiger partial charge in [-0.1, -0.05) is 13.8 Å². The first-order valence-corrected chi connectivity index (χ1v) is 5.90. The van der Waals surface area contributed by atoms with E-state index in [-0.39, 0.29) is 11.4 Å². The minimum atomic E-state index is -0.0442. The molecule has 2 amide bonds. The number of nitrogens with two attached hydrogens (primary N) is 1. The predicted molar refractivity (Wildman–Crippen MR) is 61.6 cm³/mol. The summed E-state index contributed by atoms with van der Waals surface area (Å²) in [4.78, 5) is 11.4. The zero-order valence-corrected chi connectivity index (χ0v) is 9.81. The van der Waals surface area contributed by atoms with Gasteiger partial charge in [-0.2, -0.15) is 0 Å². The highest BCUT2D eigenvalue weighted by Crippen LogP contribution is 2.23. The molecule has 88 valence electrons. The molecule has 0 spiro atoms. The Labute approximate surface area is 92.0 Å². The van der Waals surface area contributed by atoms with Crippen molar-refractivity contribution in [1.29, 1.82) is 0 Å². The van der Waals surface area contributed by atoms with Crippen molar-refractivity contribution >= 4 is 6.03 Å². The molecule has 1 rings (SSSR count). The van der Waals surface area contributed by atoms with Crippen LogP contribution in [0.5, 0.6) is 0 Å². The van der Waals surface area contributed by atoms with Gasteiger partial charge in [0.1, 0.15) is 0 Å². The fourth-order valence-electron chi connectivity index (χ4n) is 1.59. The average Bonchev–Trinajstić information content (AvgIpc) is 3.05. The summed E-state index contributed by atoms with van der Waals surface area (Å²) in [5.41, 5.74) is 5.83. The molecule has 4 nitrogen and oxygen atoms in total. The molecule has 0 radical (unpaired) electrons. The van der Waals surface area contributed by atoms with Gasteiger partial charge in [0.05, 0.1) is 0 Å². The van der Waals surface area contributed by atoms with E-state index in [1.807, 2.05) is 0 Å². The monoisotopic (exact) mass is 213 g/mol. The Kier molecular flexibility index (Phi) is 4.39. The molecule has 0 heterocycles. The van der Waals surface area contributed by atoms with Crippen molar-refractivity contribution in [2.75, 3.05) is 13.1 Å². The Balaban J connectivity index is 2.28. The molecular formula is C11H23N3O. The summed E-state index contributed by atoms with van der Waals surface area (Å²) in [6.07, 6.45) is 4.25. The fourth-order valence-corrected chi connectivity index (χ4v) is 1.59. The number of carbonyl (C=O) groups is 1. The highest BCUT2D eigenvalue weighted by atomic mass is 16.2. The third-order valence-electron chi connectivity index (χ3n) is 3.47. The third-order valence-corrected chi connectivity index (χ3v) is 3.47. The largest absolute Gasteiger partial charge is 0.338 e. The maximum Gasteiger partial charge on any atom is 0.315 e. The summed E-state index contributed by atoms with van der Waals surface area (Å²) >= 11 is 0. The van der Waals surface area contributed by atoms with Gasteiger partial charge in [0.2, 0.25) is 0 Å². The Hall–Kier alpha value is -0.770. The van der Waals surface area contributed by atoms with Gasteiger partial charge in [-0.3, -0.25) is 0 Å². The second-order valence-electron chi connectivity index (χ2n) is 4.51. The van der Waals surface area contributed by atoms with Crippen LogP contribution in [-0.4, -0.2) is 25.2 Å². The van der Waals surface area contributed by atoms with E-state index in [0.29, 0.717) is 19.1 Å². The van der Waals surface area contributed by atoms with Crippen molar-refractivity contribution in [1.82, 2.24) is 10.6 Å². The number of carbonyl (C=O) groups excluding carboxylic acids is 1. The number of rotatable bonds is 6. The maximum absolute atomic E-state index is 11.4. The molecule has 0 aromatic rings. The van der Waals surface area contributed by atoms with Crippen LogP contribution in [0.2, 0.25) is 0 Å². The van der Waals surface area contributed by atoms with Crippen molar-refractivity contribution in [3.05, 3.63) is 0 Å². The smallest absolute Gasteiger partial charge is 0.315 e. The quantitative estimate of drug-likeness (QED) is 0.621. The first-order valence-electron chi connectivity index (χ1n) is 5.90. The number of urea groups is 1. The minimum Gasteiger partial charge on any atom is -0.338 e. The van der Waals surface area contributed by atoms with Gasteiger partial charge in [0.25, 0.3) is 0 Å². The van der Waals surface area contributed by atoms with Gasteiger partial charge in [0, 0.05) is 12.6 Å². The molecule has 15 heavy (non-hydrogen) atoms. The molecule has 4 N–H and O–H groups in total. The molecule has 1 aliphatic rings. The van der Waals surface area contributed by atoms with Crippen molar-refractivity contribution in [3.8, 4) is 0 Å². The standard InChI is InChI=1S/C11H23N3O/c1-3-11(4-2,7-12)8-13-10(15)14-9-5-6-9/h9H,3-8,12H2,1-2H3,(H2,13,14,15). The molecule has 1 fully saturated rings. The Morgan fingerprint density at radius 3 is 2.40 bits per heavy atom. The average molecular weight is 213 g/mol. The summed E-state index contributed by atoms with van der Waals surface area (Å²) in [6, 6.07) is 0.373. The first-order chi connectivity index (χ1) is 7.15. The van der Waals surface area contributed by atoms with E-state index >= 15 is 0 Å². The van der Waals surface area contributed by atoms with Gasteiger partial charge in [0.15, 0.2) is 0 Å². The van der Waals surface area contributed by atoms with Gasteiger partial charge in [-0.15, -0.1) is 0 Å². The molecule has 0 aromatic heterocycles. The highest BCUT2D eigenvalue weighted by Gasteiger charge is 2.27. The van der Waals surface area contributed by atoms with Crippen LogP contribution in [0.15, 0.2) is 0 Å². The van der Waals surface area contributed by atoms with Crippen molar-refractivity contribution in [3.63, 3.8) is 0 Å². The second-order valence-corrected chi connectivity index (χ2v) is 4.51. The van der Waals surface area contributed by atoms with Gasteiger partial charge >= 0.3 is 6.03 Å². The summed E-state index contributed by atoms with van der Waals surface area (Å²) in [5.74, 6) is 0. The number of amides is 2. The lowest BCUT2D eigenvalue weighted by Gasteiger charge is -2.30. The van der Waals surface area contributed by atoms with Crippen LogP contribution in [0.25, 0.3) is 0 Å². The Bertz CT molecular complexity index is 202. The summed E-state index contributed by atoms with van der Waals surface area (Å²) < 4.78 is 0. The number of hydrogen-bond acceptors (Lipinski definition) is 2. The summed E-state index contributed by atoms with van der Waals surface area (Å²) in [6.45, 7) is 5.55. The minimum absolute atomic E-state index is 0.0442. The van der Waals surface area contributed by atoms with Gasteiger partial charge in [-0.05, 0) is 37.6 Å². The maximum atomic E-state index is 11.4. The third kappa shape index (κ3) is 3.70. The van der Waals surface area contributed by atoms with E-state index in [1.165, 1.54) is 0 Å². The molecule has 1 aliphatic carbocycles. The van der Waals surface area contributed by atoms with Gasteiger partial charge in [-0.25, -0.2) is 4.79 Å². The van der Waals surface area contributed by atoms with Crippen molar-refractivity contribution in [2.24, 2.45) is 11.1 Å². The van der Waals surface area contributed by atoms with Crippen LogP contribution < -0.4 is 16.4 Å². The van der Waals surface area contributed by atoms with E-state index in [2.05, 4.69) is 24.5 Å². The normalized spacial score (nSPS) is 16.2. The SMILES string of the molecule is CCC(CC)(CN)CNC(=O)NC1CC1. The van der Waals surface area contributed by atoms with E-state index in [1.54, 1.807) is 0 Å². The number of hydrogen-bond donors (Lipinski definition) is 3. The van der Waals surface area contributed by atoms with Gasteiger partial charge < -0.3 is 16.4 Å². The van der Waals surface area contributed by atoms with Crippen molar-refractivity contribution < 1.29 is 4.79 Å². The molecule has 0 bridgehead atoms. The lowest BCUT2D eigenvalue weighted by molar-refractivity contribution is 0.222. The predicted octanol–water partition coefficient (Wildman–Crippen LogP) is 1.21. The molecule has 4 heteroatoms. The van der Waals surface area contributed by atoms with E-state index in [4.69, 9.17) is 5.73 Å². The highest BCUT2D eigenvalue weighted by molar-refractivity contribution is 5.74. The van der Waals surface area contributed by atoms with Crippen LogP contribution in [0.3, 0.4) is 0 Å². The summed E-state index contributed by atoms with van der Waals surface area (Å²) in [7, 11) is 0. The number of nitrogens with one attached hydrogen (secondary N) is 2. The molecule has 0 unspecified atom stereocenters. The van der Waals surface area contributed by atoms with Crippen molar-refractivity contribution in [2.45, 2.75) is 45.6 Å². The molecule has 1 saturated carbocycles. The molecular weight excluding hydrogens is 190 g/mol. The van der Waals surface area contributed by atoms with Crippen LogP contribution in [-0.2, 0) is 0 Å². The van der Waals surface area contributed by atoms with Crippen LogP contribution >= 0.6 is 0 Å². The fraction of sp³-hybridized carbons (Fsp3) is 0.909. The topological polar surface area (TPSA) is 67.1 Å². The zero-order chi connectivity index (χ0) is 11.3. The zero-order valence-electron chi connectivity index (χ0n) is 9.81. The Morgan fingerprint density at radius 1 is 1.40 bits per heavy atom. The molecule has 0 aliphatic heterocycles. The van der Waals surface area contributed by atoms with Crippen LogP contribution in [0.4, 0.5) is 4.79 Å². The van der Waals surface area contributed by atoms with E-state index < -0.39 is 0 Å². The summed E-state index contributed by atoms with van der Waals surface area (Å²) in [5, 5.41) is 5.83. The van der Waals surface area contributed by atoms with E-state index in [9.17, 15) is 4.79 Å². The van der Waals surface area contributed by atoms with Crippen LogP contribution in [0, 0.1) is 5.41 Å². The molecule has 0 saturated heterocycles. The molecule has 0 atom stereocenters.